The summed E-state index contributed by atoms with van der Waals surface area (Å²) >= 11 is 3.42. The van der Waals surface area contributed by atoms with Crippen LogP contribution < -0.4 is 5.32 Å². The number of aryl methyl sites for hydroxylation is 1. The highest BCUT2D eigenvalue weighted by atomic mass is 79.9. The lowest BCUT2D eigenvalue weighted by molar-refractivity contribution is 0.0418. The summed E-state index contributed by atoms with van der Waals surface area (Å²) in [5, 5.41) is 13.1. The van der Waals surface area contributed by atoms with Gasteiger partial charge in [0.1, 0.15) is 5.58 Å². The van der Waals surface area contributed by atoms with Gasteiger partial charge in [-0.2, -0.15) is 0 Å². The Hall–Kier alpha value is -1.33. The molecule has 1 aromatic carbocycles. The Kier molecular flexibility index (Phi) is 3.56. The molecule has 0 aliphatic heterocycles. The number of carbonyl (C=O) groups excluding carboxylic acids is 1. The van der Waals surface area contributed by atoms with Crippen molar-refractivity contribution in [3.63, 3.8) is 0 Å². The van der Waals surface area contributed by atoms with Crippen molar-refractivity contribution in [2.45, 2.75) is 25.9 Å². The molecule has 1 aliphatic carbocycles. The average Bonchev–Trinajstić information content (AvgIpc) is 2.70. The number of aliphatic hydroxyl groups excluding tert-OH is 1. The van der Waals surface area contributed by atoms with Gasteiger partial charge in [0.25, 0.3) is 5.91 Å². The predicted molar refractivity (Wildman–Crippen MR) is 79.7 cm³/mol. The highest BCUT2D eigenvalue weighted by Gasteiger charge is 2.28. The lowest BCUT2D eigenvalue weighted by Gasteiger charge is -2.31. The summed E-state index contributed by atoms with van der Waals surface area (Å²) in [5.74, 6) is 0.571. The Bertz CT molecular complexity index is 658. The van der Waals surface area contributed by atoms with Crippen molar-refractivity contribution >= 4 is 32.8 Å². The van der Waals surface area contributed by atoms with Gasteiger partial charge in [-0.3, -0.25) is 4.79 Å². The minimum absolute atomic E-state index is 0.184. The minimum atomic E-state index is -0.192. The fourth-order valence-corrected chi connectivity index (χ4v) is 2.96. The third-order valence-electron chi connectivity index (χ3n) is 3.87. The van der Waals surface area contributed by atoms with Crippen LogP contribution in [0.15, 0.2) is 27.1 Å². The largest absolute Gasteiger partial charge is 0.451 e. The maximum Gasteiger partial charge on any atom is 0.287 e. The summed E-state index contributed by atoms with van der Waals surface area (Å²) in [6.07, 6.45) is 1.35. The zero-order chi connectivity index (χ0) is 14.3. The molecular formula is C15H16BrNO3. The van der Waals surface area contributed by atoms with Crippen molar-refractivity contribution in [1.82, 2.24) is 5.32 Å². The average molecular weight is 338 g/mol. The SMILES string of the molecule is Cc1c(C(=O)NCC2CC(O)C2)oc2ccc(Br)cc12. The van der Waals surface area contributed by atoms with Crippen molar-refractivity contribution < 1.29 is 14.3 Å². The fraction of sp³-hybridized carbons (Fsp3) is 0.400. The molecule has 1 fully saturated rings. The Balaban J connectivity index is 1.75. The summed E-state index contributed by atoms with van der Waals surface area (Å²) in [5.41, 5.74) is 1.57. The van der Waals surface area contributed by atoms with E-state index in [1.54, 1.807) is 0 Å². The van der Waals surface area contributed by atoms with Crippen LogP contribution >= 0.6 is 15.9 Å². The van der Waals surface area contributed by atoms with Crippen LogP contribution in [-0.2, 0) is 0 Å². The van der Waals surface area contributed by atoms with E-state index in [2.05, 4.69) is 21.2 Å². The number of benzene rings is 1. The van der Waals surface area contributed by atoms with E-state index in [0.717, 1.165) is 33.8 Å². The molecule has 0 saturated heterocycles. The van der Waals surface area contributed by atoms with E-state index in [-0.39, 0.29) is 12.0 Å². The van der Waals surface area contributed by atoms with Gasteiger partial charge in [-0.05, 0) is 43.9 Å². The minimum Gasteiger partial charge on any atom is -0.451 e. The van der Waals surface area contributed by atoms with Gasteiger partial charge in [0.2, 0.25) is 0 Å². The first kappa shape index (κ1) is 13.6. The van der Waals surface area contributed by atoms with E-state index in [1.165, 1.54) is 0 Å². The van der Waals surface area contributed by atoms with Crippen LogP contribution in [0.25, 0.3) is 11.0 Å². The van der Waals surface area contributed by atoms with Gasteiger partial charge in [0.15, 0.2) is 5.76 Å². The molecule has 106 valence electrons. The number of fused-ring (bicyclic) bond motifs is 1. The number of nitrogens with one attached hydrogen (secondary N) is 1. The second-order valence-electron chi connectivity index (χ2n) is 5.40. The normalized spacial score (nSPS) is 21.8. The predicted octanol–water partition coefficient (Wildman–Crippen LogP) is 3.00. The Labute approximate surface area is 125 Å². The van der Waals surface area contributed by atoms with E-state index >= 15 is 0 Å². The van der Waals surface area contributed by atoms with Gasteiger partial charge in [0.05, 0.1) is 6.10 Å². The third-order valence-corrected chi connectivity index (χ3v) is 4.36. The molecule has 4 nitrogen and oxygen atoms in total. The summed E-state index contributed by atoms with van der Waals surface area (Å²) < 4.78 is 6.60. The molecule has 0 atom stereocenters. The van der Waals surface area contributed by atoms with E-state index in [0.29, 0.717) is 18.2 Å². The molecule has 0 radical (unpaired) electrons. The number of halogens is 1. The van der Waals surface area contributed by atoms with Crippen molar-refractivity contribution in [2.24, 2.45) is 5.92 Å². The van der Waals surface area contributed by atoms with Crippen LogP contribution in [0.4, 0.5) is 0 Å². The first-order chi connectivity index (χ1) is 9.54. The number of aliphatic hydroxyl groups is 1. The Morgan fingerprint density at radius 1 is 1.50 bits per heavy atom. The molecule has 5 heteroatoms. The second kappa shape index (κ2) is 5.22. The second-order valence-corrected chi connectivity index (χ2v) is 6.31. The van der Waals surface area contributed by atoms with Crippen LogP contribution in [0, 0.1) is 12.8 Å². The van der Waals surface area contributed by atoms with E-state index in [4.69, 9.17) is 4.42 Å². The van der Waals surface area contributed by atoms with Crippen molar-refractivity contribution in [1.29, 1.82) is 0 Å². The van der Waals surface area contributed by atoms with Crippen LogP contribution in [0.5, 0.6) is 0 Å². The maximum atomic E-state index is 12.2. The fourth-order valence-electron chi connectivity index (χ4n) is 2.59. The maximum absolute atomic E-state index is 12.2. The van der Waals surface area contributed by atoms with Crippen molar-refractivity contribution in [2.75, 3.05) is 6.54 Å². The molecule has 2 aromatic rings. The molecular weight excluding hydrogens is 322 g/mol. The zero-order valence-electron chi connectivity index (χ0n) is 11.1. The van der Waals surface area contributed by atoms with Crippen LogP contribution in [0.1, 0.15) is 29.0 Å². The Morgan fingerprint density at radius 2 is 2.25 bits per heavy atom. The standard InChI is InChI=1S/C15H16BrNO3/c1-8-12-6-10(16)2-3-13(12)20-14(8)15(19)17-7-9-4-11(18)5-9/h2-3,6,9,11,18H,4-5,7H2,1H3,(H,17,19). The smallest absolute Gasteiger partial charge is 0.287 e. The molecule has 0 spiro atoms. The topological polar surface area (TPSA) is 62.5 Å². The monoisotopic (exact) mass is 337 g/mol. The van der Waals surface area contributed by atoms with E-state index < -0.39 is 0 Å². The van der Waals surface area contributed by atoms with Gasteiger partial charge in [-0.25, -0.2) is 0 Å². The Morgan fingerprint density at radius 3 is 2.95 bits per heavy atom. The van der Waals surface area contributed by atoms with E-state index in [1.807, 2.05) is 25.1 Å². The highest BCUT2D eigenvalue weighted by Crippen LogP contribution is 2.29. The molecule has 1 aliphatic rings. The molecule has 1 heterocycles. The molecule has 2 N–H and O–H groups in total. The third kappa shape index (κ3) is 2.47. The number of hydrogen-bond acceptors (Lipinski definition) is 3. The first-order valence-corrected chi connectivity index (χ1v) is 7.49. The van der Waals surface area contributed by atoms with E-state index in [9.17, 15) is 9.90 Å². The molecule has 1 aromatic heterocycles. The number of carbonyl (C=O) groups is 1. The molecule has 1 amide bonds. The lowest BCUT2D eigenvalue weighted by Crippen LogP contribution is -2.38. The number of rotatable bonds is 3. The summed E-state index contributed by atoms with van der Waals surface area (Å²) in [6, 6.07) is 5.70. The highest BCUT2D eigenvalue weighted by molar-refractivity contribution is 9.10. The zero-order valence-corrected chi connectivity index (χ0v) is 12.7. The quantitative estimate of drug-likeness (QED) is 0.904. The number of amides is 1. The number of hydrogen-bond donors (Lipinski definition) is 2. The van der Waals surface area contributed by atoms with Gasteiger partial charge in [-0.15, -0.1) is 0 Å². The van der Waals surface area contributed by atoms with Crippen molar-refractivity contribution in [3.8, 4) is 0 Å². The van der Waals surface area contributed by atoms with Gasteiger partial charge < -0.3 is 14.8 Å². The molecule has 3 rings (SSSR count). The van der Waals surface area contributed by atoms with Gasteiger partial charge >= 0.3 is 0 Å². The van der Waals surface area contributed by atoms with Crippen LogP contribution in [0.3, 0.4) is 0 Å². The van der Waals surface area contributed by atoms with Crippen molar-refractivity contribution in [3.05, 3.63) is 34.0 Å². The van der Waals surface area contributed by atoms with Crippen LogP contribution in [0.2, 0.25) is 0 Å². The van der Waals surface area contributed by atoms with Gasteiger partial charge in [0, 0.05) is 22.0 Å². The number of furan rings is 1. The molecule has 0 unspecified atom stereocenters. The summed E-state index contributed by atoms with van der Waals surface area (Å²) in [7, 11) is 0. The lowest BCUT2D eigenvalue weighted by atomic mass is 9.82. The molecule has 0 bridgehead atoms. The van der Waals surface area contributed by atoms with Crippen LogP contribution in [-0.4, -0.2) is 23.7 Å². The summed E-state index contributed by atoms with van der Waals surface area (Å²) in [4.78, 5) is 12.2. The first-order valence-electron chi connectivity index (χ1n) is 6.69. The molecule has 1 saturated carbocycles. The van der Waals surface area contributed by atoms with Gasteiger partial charge in [-0.1, -0.05) is 15.9 Å². The summed E-state index contributed by atoms with van der Waals surface area (Å²) in [6.45, 7) is 2.48. The molecule has 20 heavy (non-hydrogen) atoms.